The molecule has 1 atom stereocenters. The SMILES string of the molecule is CC(C)(C)OC(=O)N1CCC[C@H](NC(=O)Oc2ccc([N+](=O)[O-])cc2)C1. The molecular weight excluding hydrogens is 342 g/mol. The van der Waals surface area contributed by atoms with Crippen molar-refractivity contribution in [1.82, 2.24) is 10.2 Å². The Morgan fingerprint density at radius 2 is 1.92 bits per heavy atom. The monoisotopic (exact) mass is 365 g/mol. The second kappa shape index (κ2) is 8.03. The number of amides is 2. The maximum absolute atomic E-state index is 12.1. The third kappa shape index (κ3) is 5.91. The number of likely N-dealkylation sites (tertiary alicyclic amines) is 1. The third-order valence-electron chi connectivity index (χ3n) is 3.65. The minimum absolute atomic E-state index is 0.0851. The van der Waals surface area contributed by atoms with Crippen LogP contribution in [0.25, 0.3) is 0 Å². The Kier molecular flexibility index (Phi) is 6.01. The van der Waals surface area contributed by atoms with Crippen LogP contribution in [-0.4, -0.2) is 46.7 Å². The van der Waals surface area contributed by atoms with Gasteiger partial charge in [0.1, 0.15) is 11.4 Å². The number of hydrogen-bond acceptors (Lipinski definition) is 6. The number of nitro groups is 1. The van der Waals surface area contributed by atoms with Gasteiger partial charge >= 0.3 is 12.2 Å². The molecule has 9 nitrogen and oxygen atoms in total. The first-order valence-electron chi connectivity index (χ1n) is 8.35. The van der Waals surface area contributed by atoms with Crippen molar-refractivity contribution in [2.75, 3.05) is 13.1 Å². The summed E-state index contributed by atoms with van der Waals surface area (Å²) in [6, 6.07) is 4.97. The highest BCUT2D eigenvalue weighted by atomic mass is 16.6. The topological polar surface area (TPSA) is 111 Å². The summed E-state index contributed by atoms with van der Waals surface area (Å²) in [5.41, 5.74) is -0.662. The van der Waals surface area contributed by atoms with E-state index in [0.717, 1.165) is 6.42 Å². The molecule has 1 heterocycles. The molecule has 2 amide bonds. The van der Waals surface area contributed by atoms with E-state index in [1.807, 2.05) is 0 Å². The summed E-state index contributed by atoms with van der Waals surface area (Å²) >= 11 is 0. The lowest BCUT2D eigenvalue weighted by molar-refractivity contribution is -0.384. The van der Waals surface area contributed by atoms with Gasteiger partial charge in [0.25, 0.3) is 5.69 Å². The van der Waals surface area contributed by atoms with E-state index in [2.05, 4.69) is 5.32 Å². The van der Waals surface area contributed by atoms with Crippen LogP contribution >= 0.6 is 0 Å². The van der Waals surface area contributed by atoms with Gasteiger partial charge < -0.3 is 19.7 Å². The van der Waals surface area contributed by atoms with Crippen LogP contribution in [0, 0.1) is 10.1 Å². The smallest absolute Gasteiger partial charge is 0.412 e. The Morgan fingerprint density at radius 1 is 1.27 bits per heavy atom. The van der Waals surface area contributed by atoms with Gasteiger partial charge in [0.15, 0.2) is 0 Å². The lowest BCUT2D eigenvalue weighted by Crippen LogP contribution is -2.51. The molecular formula is C17H23N3O6. The standard InChI is InChI=1S/C17H23N3O6/c1-17(2,3)26-16(22)19-10-4-5-12(11-19)18-15(21)25-14-8-6-13(7-9-14)20(23)24/h6-9,12H,4-5,10-11H2,1-3H3,(H,18,21)/t12-/m0/s1. The average molecular weight is 365 g/mol. The van der Waals surface area contributed by atoms with Crippen molar-refractivity contribution in [2.24, 2.45) is 0 Å². The van der Waals surface area contributed by atoms with Gasteiger partial charge in [0, 0.05) is 31.3 Å². The van der Waals surface area contributed by atoms with E-state index in [4.69, 9.17) is 9.47 Å². The number of nitrogens with zero attached hydrogens (tertiary/aromatic N) is 2. The normalized spacial score (nSPS) is 17.3. The zero-order valence-electron chi connectivity index (χ0n) is 15.1. The second-order valence-electron chi connectivity index (χ2n) is 7.05. The van der Waals surface area contributed by atoms with Crippen molar-refractivity contribution >= 4 is 17.9 Å². The number of piperidine rings is 1. The first kappa shape index (κ1) is 19.5. The first-order valence-corrected chi connectivity index (χ1v) is 8.35. The Balaban J connectivity index is 1.86. The van der Waals surface area contributed by atoms with Crippen LogP contribution in [0.15, 0.2) is 24.3 Å². The summed E-state index contributed by atoms with van der Waals surface area (Å²) in [7, 11) is 0. The van der Waals surface area contributed by atoms with E-state index in [9.17, 15) is 19.7 Å². The van der Waals surface area contributed by atoms with E-state index in [-0.39, 0.29) is 17.5 Å². The molecule has 1 aliphatic rings. The molecule has 142 valence electrons. The van der Waals surface area contributed by atoms with Gasteiger partial charge in [-0.05, 0) is 45.7 Å². The lowest BCUT2D eigenvalue weighted by Gasteiger charge is -2.34. The summed E-state index contributed by atoms with van der Waals surface area (Å²) in [5.74, 6) is 0.202. The molecule has 1 aromatic carbocycles. The van der Waals surface area contributed by atoms with E-state index < -0.39 is 22.7 Å². The number of carbonyl (C=O) groups excluding carboxylic acids is 2. The van der Waals surface area contributed by atoms with Crippen LogP contribution in [0.2, 0.25) is 0 Å². The molecule has 0 aliphatic carbocycles. The average Bonchev–Trinajstić information content (AvgIpc) is 2.54. The predicted octanol–water partition coefficient (Wildman–Crippen LogP) is 3.08. The minimum Gasteiger partial charge on any atom is -0.444 e. The fraction of sp³-hybridized carbons (Fsp3) is 0.529. The highest BCUT2D eigenvalue weighted by Crippen LogP contribution is 2.18. The van der Waals surface area contributed by atoms with Crippen molar-refractivity contribution in [3.63, 3.8) is 0 Å². The van der Waals surface area contributed by atoms with Gasteiger partial charge in [-0.2, -0.15) is 0 Å². The number of ether oxygens (including phenoxy) is 2. The zero-order valence-corrected chi connectivity index (χ0v) is 15.1. The van der Waals surface area contributed by atoms with Crippen molar-refractivity contribution in [3.05, 3.63) is 34.4 Å². The van der Waals surface area contributed by atoms with E-state index in [0.29, 0.717) is 19.5 Å². The number of non-ortho nitro benzene ring substituents is 1. The number of benzene rings is 1. The maximum atomic E-state index is 12.1. The number of hydrogen-bond donors (Lipinski definition) is 1. The fourth-order valence-corrected chi connectivity index (χ4v) is 2.53. The van der Waals surface area contributed by atoms with Crippen LogP contribution in [0.4, 0.5) is 15.3 Å². The molecule has 1 aromatic rings. The highest BCUT2D eigenvalue weighted by Gasteiger charge is 2.28. The molecule has 1 fully saturated rings. The summed E-state index contributed by atoms with van der Waals surface area (Å²) in [6.45, 7) is 6.30. The Labute approximate surface area is 151 Å². The molecule has 0 unspecified atom stereocenters. The molecule has 26 heavy (non-hydrogen) atoms. The van der Waals surface area contributed by atoms with Gasteiger partial charge in [-0.15, -0.1) is 0 Å². The van der Waals surface area contributed by atoms with Crippen molar-refractivity contribution < 1.29 is 24.0 Å². The highest BCUT2D eigenvalue weighted by molar-refractivity contribution is 5.71. The first-order chi connectivity index (χ1) is 12.1. The van der Waals surface area contributed by atoms with Crippen LogP contribution in [0.1, 0.15) is 33.6 Å². The Morgan fingerprint density at radius 3 is 2.50 bits per heavy atom. The van der Waals surface area contributed by atoms with Gasteiger partial charge in [0.2, 0.25) is 0 Å². The van der Waals surface area contributed by atoms with E-state index in [1.165, 1.54) is 24.3 Å². The molecule has 0 bridgehead atoms. The molecule has 2 rings (SSSR count). The summed E-state index contributed by atoms with van der Waals surface area (Å²) in [5, 5.41) is 13.3. The minimum atomic E-state index is -0.671. The van der Waals surface area contributed by atoms with Gasteiger partial charge in [-0.1, -0.05) is 0 Å². The molecule has 1 saturated heterocycles. The van der Waals surface area contributed by atoms with E-state index >= 15 is 0 Å². The third-order valence-corrected chi connectivity index (χ3v) is 3.65. The second-order valence-corrected chi connectivity index (χ2v) is 7.05. The number of nitro benzene ring substituents is 1. The molecule has 1 aliphatic heterocycles. The number of nitrogens with one attached hydrogen (secondary N) is 1. The molecule has 0 saturated carbocycles. The lowest BCUT2D eigenvalue weighted by atomic mass is 10.1. The summed E-state index contributed by atoms with van der Waals surface area (Å²) in [6.07, 6.45) is 0.374. The molecule has 1 N–H and O–H groups in total. The van der Waals surface area contributed by atoms with Crippen LogP contribution in [0.3, 0.4) is 0 Å². The maximum Gasteiger partial charge on any atom is 0.412 e. The van der Waals surface area contributed by atoms with Crippen molar-refractivity contribution in [2.45, 2.75) is 45.3 Å². The Bertz CT molecular complexity index is 668. The van der Waals surface area contributed by atoms with Crippen molar-refractivity contribution in [1.29, 1.82) is 0 Å². The van der Waals surface area contributed by atoms with Crippen LogP contribution in [0.5, 0.6) is 5.75 Å². The summed E-state index contributed by atoms with van der Waals surface area (Å²) in [4.78, 5) is 35.8. The largest absolute Gasteiger partial charge is 0.444 e. The molecule has 0 radical (unpaired) electrons. The number of rotatable bonds is 3. The molecule has 0 spiro atoms. The van der Waals surface area contributed by atoms with Gasteiger partial charge in [-0.25, -0.2) is 9.59 Å². The van der Waals surface area contributed by atoms with Crippen molar-refractivity contribution in [3.8, 4) is 5.75 Å². The fourth-order valence-electron chi connectivity index (χ4n) is 2.53. The zero-order chi connectivity index (χ0) is 19.3. The Hall–Kier alpha value is -2.84. The molecule has 0 aromatic heterocycles. The van der Waals surface area contributed by atoms with Crippen LogP contribution < -0.4 is 10.1 Å². The van der Waals surface area contributed by atoms with Crippen LogP contribution in [-0.2, 0) is 4.74 Å². The molecule has 9 heteroatoms. The summed E-state index contributed by atoms with van der Waals surface area (Å²) < 4.78 is 10.5. The quantitative estimate of drug-likeness (QED) is 0.651. The number of carbonyl (C=O) groups is 2. The van der Waals surface area contributed by atoms with Gasteiger partial charge in [-0.3, -0.25) is 10.1 Å². The van der Waals surface area contributed by atoms with E-state index in [1.54, 1.807) is 25.7 Å². The predicted molar refractivity (Wildman–Crippen MR) is 93.1 cm³/mol. The van der Waals surface area contributed by atoms with Gasteiger partial charge in [0.05, 0.1) is 4.92 Å².